The normalized spacial score (nSPS) is 10.8. The zero-order chi connectivity index (χ0) is 14.7. The summed E-state index contributed by atoms with van der Waals surface area (Å²) >= 11 is 0. The molecule has 1 aromatic carbocycles. The van der Waals surface area contributed by atoms with Crippen LogP contribution in [0.1, 0.15) is 17.6 Å². The molecule has 1 heterocycles. The summed E-state index contributed by atoms with van der Waals surface area (Å²) in [6.07, 6.45) is -1.19. The van der Waals surface area contributed by atoms with Crippen molar-refractivity contribution < 1.29 is 18.4 Å². The van der Waals surface area contributed by atoms with Gasteiger partial charge in [-0.2, -0.15) is 0 Å². The van der Waals surface area contributed by atoms with Crippen LogP contribution in [0, 0.1) is 10.1 Å². The predicted molar refractivity (Wildman–Crippen MR) is 65.6 cm³/mol. The minimum absolute atomic E-state index is 0.141. The minimum atomic E-state index is -2.81. The Morgan fingerprint density at radius 2 is 2.20 bits per heavy atom. The summed E-state index contributed by atoms with van der Waals surface area (Å²) in [4.78, 5) is 10.2. The lowest BCUT2D eigenvalue weighted by Crippen LogP contribution is -2.05. The molecule has 0 atom stereocenters. The van der Waals surface area contributed by atoms with Gasteiger partial charge in [0.1, 0.15) is 6.61 Å². The van der Waals surface area contributed by atoms with Crippen LogP contribution >= 0.6 is 0 Å². The molecule has 8 heteroatoms. The maximum Gasteiger partial charge on any atom is 0.276 e. The van der Waals surface area contributed by atoms with E-state index in [1.807, 2.05) is 0 Å². The van der Waals surface area contributed by atoms with Crippen molar-refractivity contribution in [2.75, 3.05) is 0 Å². The highest BCUT2D eigenvalue weighted by Gasteiger charge is 2.23. The van der Waals surface area contributed by atoms with Crippen molar-refractivity contribution in [3.8, 4) is 5.88 Å². The Bertz CT molecular complexity index is 628. The average Bonchev–Trinajstić information content (AvgIpc) is 2.81. The standard InChI is InChI=1S/C12H11F2N3O3/c1-16-6-5-11(15-16)20-7-9-8(12(13)14)3-2-4-10(9)17(18)19/h2-6,12H,7H2,1H3. The van der Waals surface area contributed by atoms with E-state index in [4.69, 9.17) is 4.74 Å². The summed E-state index contributed by atoms with van der Waals surface area (Å²) in [5, 5.41) is 14.8. The van der Waals surface area contributed by atoms with Crippen LogP contribution in [0.4, 0.5) is 14.5 Å². The molecule has 0 spiro atoms. The highest BCUT2D eigenvalue weighted by molar-refractivity contribution is 5.46. The van der Waals surface area contributed by atoms with E-state index in [1.54, 1.807) is 13.2 Å². The molecule has 20 heavy (non-hydrogen) atoms. The SMILES string of the molecule is Cn1ccc(OCc2c(C(F)F)cccc2[N+](=O)[O-])n1. The number of ether oxygens (including phenoxy) is 1. The molecular formula is C12H11F2N3O3. The van der Waals surface area contributed by atoms with Crippen LogP contribution in [-0.4, -0.2) is 14.7 Å². The van der Waals surface area contributed by atoms with Crippen LogP contribution in [0.3, 0.4) is 0 Å². The Morgan fingerprint density at radius 3 is 2.75 bits per heavy atom. The van der Waals surface area contributed by atoms with Crippen LogP contribution < -0.4 is 4.74 Å². The smallest absolute Gasteiger partial charge is 0.276 e. The van der Waals surface area contributed by atoms with Crippen LogP contribution in [0.5, 0.6) is 5.88 Å². The molecule has 0 fully saturated rings. The quantitative estimate of drug-likeness (QED) is 0.625. The molecule has 0 aliphatic rings. The van der Waals surface area contributed by atoms with Crippen molar-refractivity contribution >= 4 is 5.69 Å². The third kappa shape index (κ3) is 2.90. The first kappa shape index (κ1) is 13.9. The number of nitro benzene ring substituents is 1. The Balaban J connectivity index is 2.30. The van der Waals surface area contributed by atoms with E-state index in [9.17, 15) is 18.9 Å². The van der Waals surface area contributed by atoms with Gasteiger partial charge in [0.15, 0.2) is 0 Å². The van der Waals surface area contributed by atoms with Gasteiger partial charge in [-0.25, -0.2) is 8.78 Å². The molecule has 0 saturated heterocycles. The zero-order valence-corrected chi connectivity index (χ0v) is 10.5. The van der Waals surface area contributed by atoms with E-state index in [0.717, 1.165) is 6.07 Å². The maximum absolute atomic E-state index is 12.9. The molecule has 0 aliphatic carbocycles. The van der Waals surface area contributed by atoms with E-state index < -0.39 is 22.6 Å². The molecule has 6 nitrogen and oxygen atoms in total. The number of aryl methyl sites for hydroxylation is 1. The van der Waals surface area contributed by atoms with Gasteiger partial charge in [-0.1, -0.05) is 12.1 Å². The van der Waals surface area contributed by atoms with Gasteiger partial charge in [-0.05, 0) is 0 Å². The minimum Gasteiger partial charge on any atom is -0.471 e. The van der Waals surface area contributed by atoms with Gasteiger partial charge in [-0.3, -0.25) is 14.8 Å². The Labute approximate surface area is 112 Å². The van der Waals surface area contributed by atoms with E-state index in [2.05, 4.69) is 5.10 Å². The second kappa shape index (κ2) is 5.64. The molecule has 0 aliphatic heterocycles. The lowest BCUT2D eigenvalue weighted by Gasteiger charge is -2.09. The second-order valence-corrected chi connectivity index (χ2v) is 4.02. The number of hydrogen-bond acceptors (Lipinski definition) is 4. The summed E-state index contributed by atoms with van der Waals surface area (Å²) in [7, 11) is 1.67. The third-order valence-corrected chi connectivity index (χ3v) is 2.67. The molecule has 0 unspecified atom stereocenters. The van der Waals surface area contributed by atoms with E-state index in [0.29, 0.717) is 0 Å². The fraction of sp³-hybridized carbons (Fsp3) is 0.250. The summed E-state index contributed by atoms with van der Waals surface area (Å²) in [5.41, 5.74) is -0.938. The number of halogens is 2. The largest absolute Gasteiger partial charge is 0.471 e. The number of alkyl halides is 2. The average molecular weight is 283 g/mol. The molecule has 2 aromatic rings. The van der Waals surface area contributed by atoms with Crippen LogP contribution in [0.25, 0.3) is 0 Å². The molecule has 0 bridgehead atoms. The predicted octanol–water partition coefficient (Wildman–Crippen LogP) is 2.84. The summed E-state index contributed by atoms with van der Waals surface area (Å²) in [5.74, 6) is 0.214. The summed E-state index contributed by atoms with van der Waals surface area (Å²) in [6, 6.07) is 5.08. The van der Waals surface area contributed by atoms with Gasteiger partial charge in [0, 0.05) is 30.9 Å². The van der Waals surface area contributed by atoms with Gasteiger partial charge in [0.2, 0.25) is 5.88 Å². The second-order valence-electron chi connectivity index (χ2n) is 4.02. The third-order valence-electron chi connectivity index (χ3n) is 2.67. The van der Waals surface area contributed by atoms with Gasteiger partial charge in [0.25, 0.3) is 12.1 Å². The molecule has 0 amide bonds. The number of benzene rings is 1. The van der Waals surface area contributed by atoms with E-state index in [1.165, 1.54) is 22.9 Å². The lowest BCUT2D eigenvalue weighted by molar-refractivity contribution is -0.385. The fourth-order valence-electron chi connectivity index (χ4n) is 1.74. The number of hydrogen-bond donors (Lipinski definition) is 0. The van der Waals surface area contributed by atoms with Crippen molar-refractivity contribution in [1.82, 2.24) is 9.78 Å². The Morgan fingerprint density at radius 1 is 1.45 bits per heavy atom. The van der Waals surface area contributed by atoms with Crippen LogP contribution in [-0.2, 0) is 13.7 Å². The number of aromatic nitrogens is 2. The maximum atomic E-state index is 12.9. The van der Waals surface area contributed by atoms with Gasteiger partial charge >= 0.3 is 0 Å². The molecule has 0 radical (unpaired) electrons. The van der Waals surface area contributed by atoms with Crippen molar-refractivity contribution in [2.24, 2.45) is 7.05 Å². The van der Waals surface area contributed by atoms with E-state index in [-0.39, 0.29) is 18.1 Å². The summed E-state index contributed by atoms with van der Waals surface area (Å²) < 4.78 is 32.5. The highest BCUT2D eigenvalue weighted by atomic mass is 19.3. The molecule has 0 saturated carbocycles. The Hall–Kier alpha value is -2.51. The highest BCUT2D eigenvalue weighted by Crippen LogP contribution is 2.30. The molecule has 0 N–H and O–H groups in total. The first-order valence-corrected chi connectivity index (χ1v) is 5.66. The van der Waals surface area contributed by atoms with Crippen molar-refractivity contribution in [1.29, 1.82) is 0 Å². The Kier molecular flexibility index (Phi) is 3.92. The summed E-state index contributed by atoms with van der Waals surface area (Å²) in [6.45, 7) is -0.339. The monoisotopic (exact) mass is 283 g/mol. The van der Waals surface area contributed by atoms with E-state index >= 15 is 0 Å². The number of rotatable bonds is 5. The lowest BCUT2D eigenvalue weighted by atomic mass is 10.1. The van der Waals surface area contributed by atoms with Gasteiger partial charge in [-0.15, -0.1) is 5.10 Å². The van der Waals surface area contributed by atoms with Crippen molar-refractivity contribution in [3.05, 3.63) is 51.7 Å². The first-order valence-electron chi connectivity index (χ1n) is 5.66. The topological polar surface area (TPSA) is 70.2 Å². The molecular weight excluding hydrogens is 272 g/mol. The van der Waals surface area contributed by atoms with Crippen molar-refractivity contribution in [3.63, 3.8) is 0 Å². The fourth-order valence-corrected chi connectivity index (χ4v) is 1.74. The van der Waals surface area contributed by atoms with Gasteiger partial charge in [0.05, 0.1) is 10.5 Å². The zero-order valence-electron chi connectivity index (χ0n) is 10.5. The molecule has 106 valence electrons. The molecule has 1 aromatic heterocycles. The van der Waals surface area contributed by atoms with Crippen molar-refractivity contribution in [2.45, 2.75) is 13.0 Å². The molecule has 2 rings (SSSR count). The van der Waals surface area contributed by atoms with Crippen LogP contribution in [0.15, 0.2) is 30.5 Å². The van der Waals surface area contributed by atoms with Crippen LogP contribution in [0.2, 0.25) is 0 Å². The first-order chi connectivity index (χ1) is 9.49. The number of nitro groups is 1. The number of nitrogens with zero attached hydrogens (tertiary/aromatic N) is 3. The van der Waals surface area contributed by atoms with Gasteiger partial charge < -0.3 is 4.74 Å².